The predicted octanol–water partition coefficient (Wildman–Crippen LogP) is 4.95. The number of cyclic esters (lactones) is 1. The van der Waals surface area contributed by atoms with Crippen molar-refractivity contribution in [2.24, 2.45) is 0 Å². The second-order valence-corrected chi connectivity index (χ2v) is 8.86. The van der Waals surface area contributed by atoms with E-state index < -0.39 is 5.60 Å². The SMILES string of the molecule is C=CCC1(c2ccc(F)cc2)CCN([C@@H](C)c2ccc(N3CCN(C)CC3)cc2)C(=O)O1. The number of likely N-dealkylation sites (N-methyl/N-ethyl adjacent to an activating group) is 1. The second-order valence-electron chi connectivity index (χ2n) is 8.86. The number of hydrogen-bond acceptors (Lipinski definition) is 4. The van der Waals surface area contributed by atoms with Crippen molar-refractivity contribution < 1.29 is 13.9 Å². The molecule has 5 nitrogen and oxygen atoms in total. The molecule has 1 unspecified atom stereocenters. The molecule has 4 rings (SSSR count). The van der Waals surface area contributed by atoms with Gasteiger partial charge in [-0.15, -0.1) is 6.58 Å². The molecule has 6 heteroatoms. The van der Waals surface area contributed by atoms with Crippen LogP contribution in [0.2, 0.25) is 0 Å². The summed E-state index contributed by atoms with van der Waals surface area (Å²) >= 11 is 0. The number of carbonyl (C=O) groups excluding carboxylic acids is 1. The van der Waals surface area contributed by atoms with Crippen LogP contribution in [0.4, 0.5) is 14.9 Å². The summed E-state index contributed by atoms with van der Waals surface area (Å²) in [5, 5.41) is 0. The van der Waals surface area contributed by atoms with Crippen LogP contribution in [0.25, 0.3) is 0 Å². The van der Waals surface area contributed by atoms with Crippen LogP contribution >= 0.6 is 0 Å². The van der Waals surface area contributed by atoms with E-state index in [1.54, 1.807) is 23.1 Å². The first-order valence-corrected chi connectivity index (χ1v) is 11.3. The highest BCUT2D eigenvalue weighted by Gasteiger charge is 2.42. The molecule has 0 aromatic heterocycles. The Morgan fingerprint density at radius 2 is 1.72 bits per heavy atom. The molecule has 2 saturated heterocycles. The highest BCUT2D eigenvalue weighted by molar-refractivity contribution is 5.70. The molecular formula is C26H32FN3O2. The predicted molar refractivity (Wildman–Crippen MR) is 125 cm³/mol. The number of carbonyl (C=O) groups is 1. The fraction of sp³-hybridized carbons (Fsp3) is 0.423. The van der Waals surface area contributed by atoms with Gasteiger partial charge < -0.3 is 19.4 Å². The maximum absolute atomic E-state index is 13.4. The number of nitrogens with zero attached hydrogens (tertiary/aromatic N) is 3. The maximum atomic E-state index is 13.4. The molecule has 170 valence electrons. The second kappa shape index (κ2) is 9.33. The molecule has 2 atom stereocenters. The van der Waals surface area contributed by atoms with Gasteiger partial charge >= 0.3 is 6.09 Å². The van der Waals surface area contributed by atoms with Gasteiger partial charge in [-0.3, -0.25) is 0 Å². The lowest BCUT2D eigenvalue weighted by Gasteiger charge is -2.43. The van der Waals surface area contributed by atoms with Gasteiger partial charge in [0.15, 0.2) is 0 Å². The third-order valence-electron chi connectivity index (χ3n) is 6.83. The largest absolute Gasteiger partial charge is 0.437 e. The first-order chi connectivity index (χ1) is 15.4. The molecule has 2 heterocycles. The molecule has 0 radical (unpaired) electrons. The van der Waals surface area contributed by atoms with E-state index in [0.29, 0.717) is 19.4 Å². The van der Waals surface area contributed by atoms with Crippen LogP contribution in [0.3, 0.4) is 0 Å². The first kappa shape index (κ1) is 22.3. The number of rotatable bonds is 6. The van der Waals surface area contributed by atoms with Crippen LogP contribution in [0, 0.1) is 5.82 Å². The van der Waals surface area contributed by atoms with Crippen LogP contribution in [0.5, 0.6) is 0 Å². The Hall–Kier alpha value is -2.86. The lowest BCUT2D eigenvalue weighted by atomic mass is 9.85. The van der Waals surface area contributed by atoms with Gasteiger partial charge in [0.2, 0.25) is 0 Å². The van der Waals surface area contributed by atoms with Crippen molar-refractivity contribution in [3.8, 4) is 0 Å². The van der Waals surface area contributed by atoms with Crippen molar-refractivity contribution in [2.75, 3.05) is 44.7 Å². The molecular weight excluding hydrogens is 405 g/mol. The highest BCUT2D eigenvalue weighted by atomic mass is 19.1. The summed E-state index contributed by atoms with van der Waals surface area (Å²) in [4.78, 5) is 19.6. The minimum absolute atomic E-state index is 0.0982. The smallest absolute Gasteiger partial charge is 0.411 e. The van der Waals surface area contributed by atoms with Gasteiger partial charge in [-0.1, -0.05) is 30.3 Å². The van der Waals surface area contributed by atoms with Crippen molar-refractivity contribution in [1.29, 1.82) is 0 Å². The number of amides is 1. The van der Waals surface area contributed by atoms with Gasteiger partial charge in [-0.25, -0.2) is 9.18 Å². The standard InChI is InChI=1S/C26H32FN3O2/c1-4-13-26(22-7-9-23(27)10-8-22)14-15-30(25(31)32-26)20(2)21-5-11-24(12-6-21)29-18-16-28(3)17-19-29/h4-12,20H,1,13-19H2,2-3H3/t20-,26?/m0/s1. The molecule has 0 bridgehead atoms. The van der Waals surface area contributed by atoms with Gasteiger partial charge in [0.1, 0.15) is 11.4 Å². The summed E-state index contributed by atoms with van der Waals surface area (Å²) in [6.45, 7) is 10.6. The average molecular weight is 438 g/mol. The minimum Gasteiger partial charge on any atom is -0.437 e. The van der Waals surface area contributed by atoms with Gasteiger partial charge in [0.25, 0.3) is 0 Å². The zero-order valence-electron chi connectivity index (χ0n) is 19.0. The van der Waals surface area contributed by atoms with Crippen LogP contribution in [-0.4, -0.2) is 55.7 Å². The van der Waals surface area contributed by atoms with Crippen LogP contribution < -0.4 is 4.90 Å². The Morgan fingerprint density at radius 1 is 1.06 bits per heavy atom. The van der Waals surface area contributed by atoms with E-state index >= 15 is 0 Å². The van der Waals surface area contributed by atoms with E-state index in [2.05, 4.69) is 47.7 Å². The van der Waals surface area contributed by atoms with Gasteiger partial charge in [-0.05, 0) is 49.4 Å². The first-order valence-electron chi connectivity index (χ1n) is 11.3. The average Bonchev–Trinajstić information content (AvgIpc) is 2.80. The molecule has 32 heavy (non-hydrogen) atoms. The zero-order valence-corrected chi connectivity index (χ0v) is 19.0. The normalized spacial score (nSPS) is 23.0. The van der Waals surface area contributed by atoms with E-state index in [0.717, 1.165) is 37.3 Å². The molecule has 1 amide bonds. The summed E-state index contributed by atoms with van der Waals surface area (Å²) in [5.41, 5.74) is 2.30. The molecule has 2 aliphatic rings. The quantitative estimate of drug-likeness (QED) is 0.599. The van der Waals surface area contributed by atoms with Gasteiger partial charge in [0, 0.05) is 51.3 Å². The van der Waals surface area contributed by atoms with Gasteiger partial charge in [-0.2, -0.15) is 0 Å². The monoisotopic (exact) mass is 437 g/mol. The Kier molecular flexibility index (Phi) is 6.51. The van der Waals surface area contributed by atoms with Crippen molar-refractivity contribution in [3.63, 3.8) is 0 Å². The topological polar surface area (TPSA) is 36.0 Å². The lowest BCUT2D eigenvalue weighted by molar-refractivity contribution is -0.0588. The molecule has 0 spiro atoms. The molecule has 0 saturated carbocycles. The molecule has 0 N–H and O–H groups in total. The van der Waals surface area contributed by atoms with E-state index in [1.165, 1.54) is 17.8 Å². The summed E-state index contributed by atoms with van der Waals surface area (Å²) < 4.78 is 19.4. The lowest BCUT2D eigenvalue weighted by Crippen LogP contribution is -2.48. The number of piperazine rings is 1. The number of halogens is 1. The van der Waals surface area contributed by atoms with Crippen LogP contribution in [0.1, 0.15) is 36.9 Å². The van der Waals surface area contributed by atoms with Crippen molar-refractivity contribution in [3.05, 3.63) is 78.1 Å². The third-order valence-corrected chi connectivity index (χ3v) is 6.83. The Labute approximate surface area is 190 Å². The number of benzene rings is 2. The Morgan fingerprint density at radius 3 is 2.31 bits per heavy atom. The zero-order chi connectivity index (χ0) is 22.7. The number of hydrogen-bond donors (Lipinski definition) is 0. The van der Waals surface area contributed by atoms with E-state index in [1.807, 2.05) is 6.92 Å². The molecule has 2 aromatic carbocycles. The fourth-order valence-corrected chi connectivity index (χ4v) is 4.68. The van der Waals surface area contributed by atoms with Crippen LogP contribution in [0.15, 0.2) is 61.2 Å². The molecule has 2 aromatic rings. The summed E-state index contributed by atoms with van der Waals surface area (Å²) in [5.74, 6) is -0.306. The maximum Gasteiger partial charge on any atom is 0.411 e. The van der Waals surface area contributed by atoms with Crippen molar-refractivity contribution >= 4 is 11.8 Å². The summed E-state index contributed by atoms with van der Waals surface area (Å²) in [6, 6.07) is 14.6. The van der Waals surface area contributed by atoms with Crippen molar-refractivity contribution in [2.45, 2.75) is 31.4 Å². The molecule has 2 fully saturated rings. The molecule has 0 aliphatic carbocycles. The van der Waals surface area contributed by atoms with Crippen molar-refractivity contribution in [1.82, 2.24) is 9.80 Å². The number of anilines is 1. The van der Waals surface area contributed by atoms with E-state index in [4.69, 9.17) is 4.74 Å². The van der Waals surface area contributed by atoms with E-state index in [-0.39, 0.29) is 18.0 Å². The third kappa shape index (κ3) is 4.51. The summed E-state index contributed by atoms with van der Waals surface area (Å²) in [7, 11) is 2.15. The molecule has 2 aliphatic heterocycles. The van der Waals surface area contributed by atoms with Crippen LogP contribution in [-0.2, 0) is 10.3 Å². The van der Waals surface area contributed by atoms with Gasteiger partial charge in [0.05, 0.1) is 6.04 Å². The highest BCUT2D eigenvalue weighted by Crippen LogP contribution is 2.40. The van der Waals surface area contributed by atoms with E-state index in [9.17, 15) is 9.18 Å². The fourth-order valence-electron chi connectivity index (χ4n) is 4.68. The number of ether oxygens (including phenoxy) is 1. The minimum atomic E-state index is -0.798. The Balaban J connectivity index is 1.46. The summed E-state index contributed by atoms with van der Waals surface area (Å²) in [6.07, 6.45) is 2.53. The Bertz CT molecular complexity index is 939.